The molecule has 1 rings (SSSR count). The molecule has 1 aromatic heterocycles. The summed E-state index contributed by atoms with van der Waals surface area (Å²) >= 11 is 0.778. The van der Waals surface area contributed by atoms with Gasteiger partial charge in [-0.1, -0.05) is 11.3 Å². The van der Waals surface area contributed by atoms with Crippen LogP contribution < -0.4 is 5.32 Å². The van der Waals surface area contributed by atoms with Gasteiger partial charge in [-0.15, -0.1) is 0 Å². The van der Waals surface area contributed by atoms with Gasteiger partial charge >= 0.3 is 11.0 Å². The normalized spacial score (nSPS) is 11.8. The third-order valence-corrected chi connectivity index (χ3v) is 2.93. The molecular formula is C9H10N2O6S. The number of nitrogens with one attached hydrogen (secondary N) is 1. The van der Waals surface area contributed by atoms with E-state index in [1.807, 2.05) is 0 Å². The highest BCUT2D eigenvalue weighted by Gasteiger charge is 2.22. The van der Waals surface area contributed by atoms with E-state index in [9.17, 15) is 19.7 Å². The fraction of sp³-hybridized carbons (Fsp3) is 0.333. The Kier molecular flexibility index (Phi) is 4.75. The maximum absolute atomic E-state index is 11.6. The van der Waals surface area contributed by atoms with Gasteiger partial charge in [0.15, 0.2) is 0 Å². The van der Waals surface area contributed by atoms with Crippen molar-refractivity contribution >= 4 is 28.2 Å². The molecule has 18 heavy (non-hydrogen) atoms. The number of amides is 1. The summed E-state index contributed by atoms with van der Waals surface area (Å²) in [6, 6.07) is -0.154. The number of carbonyl (C=O) groups excluding carboxylic acids is 1. The zero-order valence-corrected chi connectivity index (χ0v) is 9.85. The van der Waals surface area contributed by atoms with Crippen molar-refractivity contribution in [3.05, 3.63) is 27.1 Å². The molecule has 0 aliphatic heterocycles. The maximum Gasteiger partial charge on any atom is 0.326 e. The molecule has 0 bridgehead atoms. The number of hydrogen-bond donors (Lipinski definition) is 3. The van der Waals surface area contributed by atoms with Gasteiger partial charge in [-0.2, -0.15) is 0 Å². The first-order valence-corrected chi connectivity index (χ1v) is 5.71. The summed E-state index contributed by atoms with van der Waals surface area (Å²) in [5.41, 5.74) is 0.0240. The average Bonchev–Trinajstić information content (AvgIpc) is 2.77. The Morgan fingerprint density at radius 3 is 2.67 bits per heavy atom. The zero-order valence-electron chi connectivity index (χ0n) is 9.03. The summed E-state index contributed by atoms with van der Waals surface area (Å²) in [5.74, 6) is -2.00. The van der Waals surface area contributed by atoms with Crippen LogP contribution >= 0.6 is 11.3 Å². The lowest BCUT2D eigenvalue weighted by atomic mass is 10.2. The fourth-order valence-electron chi connectivity index (χ4n) is 1.17. The Balaban J connectivity index is 2.74. The Morgan fingerprint density at radius 1 is 1.56 bits per heavy atom. The zero-order chi connectivity index (χ0) is 13.7. The molecule has 98 valence electrons. The van der Waals surface area contributed by atoms with Crippen molar-refractivity contribution in [3.8, 4) is 0 Å². The number of aliphatic carboxylic acids is 1. The van der Waals surface area contributed by atoms with E-state index in [1.54, 1.807) is 0 Å². The summed E-state index contributed by atoms with van der Waals surface area (Å²) in [6.45, 7) is -0.388. The van der Waals surface area contributed by atoms with Crippen molar-refractivity contribution in [1.82, 2.24) is 5.32 Å². The van der Waals surface area contributed by atoms with Crippen LogP contribution in [-0.4, -0.2) is 39.7 Å². The van der Waals surface area contributed by atoms with Gasteiger partial charge < -0.3 is 15.5 Å². The van der Waals surface area contributed by atoms with Crippen LogP contribution in [0.4, 0.5) is 5.00 Å². The van der Waals surface area contributed by atoms with E-state index in [-0.39, 0.29) is 23.6 Å². The molecule has 1 aromatic rings. The summed E-state index contributed by atoms with van der Waals surface area (Å²) in [7, 11) is 0. The first kappa shape index (κ1) is 14.1. The van der Waals surface area contributed by atoms with Gasteiger partial charge in [0.2, 0.25) is 0 Å². The molecule has 1 atom stereocenters. The topological polar surface area (TPSA) is 130 Å². The molecule has 1 amide bonds. The Hall–Kier alpha value is -2.00. The number of carboxylic acids is 1. The molecule has 0 aromatic carbocycles. The van der Waals surface area contributed by atoms with E-state index in [2.05, 4.69) is 5.32 Å². The molecule has 0 saturated carbocycles. The van der Waals surface area contributed by atoms with E-state index in [4.69, 9.17) is 10.2 Å². The average molecular weight is 274 g/mol. The van der Waals surface area contributed by atoms with Crippen LogP contribution in [0.2, 0.25) is 0 Å². The standard InChI is InChI=1S/C9H10N2O6S/c12-2-1-6(9(14)15)10-8(13)5-3-7(11(16)17)18-4-5/h3-4,6,12H,1-2H2,(H,10,13)(H,14,15)/t6-/m0/s1. The van der Waals surface area contributed by atoms with Gasteiger partial charge in [-0.3, -0.25) is 14.9 Å². The minimum atomic E-state index is -1.28. The molecule has 3 N–H and O–H groups in total. The number of thiophene rings is 1. The lowest BCUT2D eigenvalue weighted by molar-refractivity contribution is -0.380. The number of nitrogens with zero attached hydrogens (tertiary/aromatic N) is 1. The van der Waals surface area contributed by atoms with Gasteiger partial charge in [0.25, 0.3) is 5.91 Å². The highest BCUT2D eigenvalue weighted by molar-refractivity contribution is 7.13. The summed E-state index contributed by atoms with van der Waals surface area (Å²) in [6.07, 6.45) is -0.132. The van der Waals surface area contributed by atoms with Gasteiger partial charge in [-0.25, -0.2) is 4.79 Å². The molecule has 8 nitrogen and oxygen atoms in total. The molecule has 9 heteroatoms. The van der Waals surface area contributed by atoms with Crippen molar-refractivity contribution in [2.24, 2.45) is 0 Å². The van der Waals surface area contributed by atoms with Crippen molar-refractivity contribution in [2.75, 3.05) is 6.61 Å². The second-order valence-electron chi connectivity index (χ2n) is 3.31. The third kappa shape index (κ3) is 3.50. The van der Waals surface area contributed by atoms with E-state index in [1.165, 1.54) is 5.38 Å². The smallest absolute Gasteiger partial charge is 0.326 e. The van der Waals surface area contributed by atoms with E-state index >= 15 is 0 Å². The van der Waals surface area contributed by atoms with Gasteiger partial charge in [0.1, 0.15) is 6.04 Å². The fourth-order valence-corrected chi connectivity index (χ4v) is 1.87. The molecule has 0 saturated heterocycles. The van der Waals surface area contributed by atoms with E-state index in [0.717, 1.165) is 17.4 Å². The maximum atomic E-state index is 11.6. The lowest BCUT2D eigenvalue weighted by Crippen LogP contribution is -2.41. The van der Waals surface area contributed by atoms with Crippen LogP contribution in [0.25, 0.3) is 0 Å². The largest absolute Gasteiger partial charge is 0.480 e. The molecule has 0 unspecified atom stereocenters. The number of carbonyl (C=O) groups is 2. The lowest BCUT2D eigenvalue weighted by Gasteiger charge is -2.12. The van der Waals surface area contributed by atoms with Gasteiger partial charge in [0, 0.05) is 24.5 Å². The molecular weight excluding hydrogens is 264 g/mol. The Labute approximate surface area is 105 Å². The van der Waals surface area contributed by atoms with Gasteiger partial charge in [-0.05, 0) is 0 Å². The van der Waals surface area contributed by atoms with Crippen molar-refractivity contribution < 1.29 is 24.7 Å². The number of hydrogen-bond acceptors (Lipinski definition) is 6. The van der Waals surface area contributed by atoms with Gasteiger partial charge in [0.05, 0.1) is 10.5 Å². The molecule has 0 fully saturated rings. The van der Waals surface area contributed by atoms with Crippen molar-refractivity contribution in [2.45, 2.75) is 12.5 Å². The number of aliphatic hydroxyl groups excluding tert-OH is 1. The highest BCUT2D eigenvalue weighted by Crippen LogP contribution is 2.22. The predicted molar refractivity (Wildman–Crippen MR) is 61.6 cm³/mol. The molecule has 0 aliphatic rings. The summed E-state index contributed by atoms with van der Waals surface area (Å²) in [5, 5.41) is 31.1. The molecule has 1 heterocycles. The minimum absolute atomic E-state index is 0.0240. The monoisotopic (exact) mass is 274 g/mol. The number of nitro groups is 1. The predicted octanol–water partition coefficient (Wildman–Crippen LogP) is 0.222. The van der Waals surface area contributed by atoms with Crippen LogP contribution in [0.5, 0.6) is 0 Å². The summed E-state index contributed by atoms with van der Waals surface area (Å²) < 4.78 is 0. The Bertz CT molecular complexity index is 471. The van der Waals surface area contributed by atoms with Crippen molar-refractivity contribution in [1.29, 1.82) is 0 Å². The summed E-state index contributed by atoms with van der Waals surface area (Å²) in [4.78, 5) is 32.1. The van der Waals surface area contributed by atoms with Crippen LogP contribution in [0.3, 0.4) is 0 Å². The second kappa shape index (κ2) is 6.07. The van der Waals surface area contributed by atoms with Crippen LogP contribution in [0.15, 0.2) is 11.4 Å². The SMILES string of the molecule is O=C(N[C@@H](CCO)C(=O)O)c1csc([N+](=O)[O-])c1. The molecule has 0 spiro atoms. The Morgan fingerprint density at radius 2 is 2.22 bits per heavy atom. The quantitative estimate of drug-likeness (QED) is 0.502. The highest BCUT2D eigenvalue weighted by atomic mass is 32.1. The first-order chi connectivity index (χ1) is 8.45. The van der Waals surface area contributed by atoms with E-state index in [0.29, 0.717) is 0 Å². The second-order valence-corrected chi connectivity index (χ2v) is 4.20. The van der Waals surface area contributed by atoms with Crippen LogP contribution in [0, 0.1) is 10.1 Å². The number of rotatable bonds is 6. The van der Waals surface area contributed by atoms with Crippen LogP contribution in [0.1, 0.15) is 16.8 Å². The first-order valence-electron chi connectivity index (χ1n) is 4.83. The van der Waals surface area contributed by atoms with E-state index < -0.39 is 22.8 Å². The molecule has 0 aliphatic carbocycles. The van der Waals surface area contributed by atoms with Crippen molar-refractivity contribution in [3.63, 3.8) is 0 Å². The third-order valence-electron chi connectivity index (χ3n) is 2.05. The number of aliphatic hydroxyl groups is 1. The molecule has 0 radical (unpaired) electrons. The minimum Gasteiger partial charge on any atom is -0.480 e. The van der Waals surface area contributed by atoms with Crippen LogP contribution in [-0.2, 0) is 4.79 Å². The number of carboxylic acid groups (broad SMARTS) is 1.